The summed E-state index contributed by atoms with van der Waals surface area (Å²) in [5, 5.41) is 0.502. The molecule has 0 aliphatic rings. The number of thioether (sulfide) groups is 1. The second-order valence-electron chi connectivity index (χ2n) is 5.23. The molecule has 0 heterocycles. The van der Waals surface area contributed by atoms with E-state index in [0.29, 0.717) is 5.02 Å². The van der Waals surface area contributed by atoms with Crippen LogP contribution in [0.15, 0.2) is 59.5 Å². The van der Waals surface area contributed by atoms with Crippen LogP contribution >= 0.6 is 23.4 Å². The maximum Gasteiger partial charge on any atom is 0.236 e. The Morgan fingerprint density at radius 2 is 1.64 bits per heavy atom. The molecule has 2 atom stereocenters. The highest BCUT2D eigenvalue weighted by molar-refractivity contribution is 8.00. The number of halogens is 1. The molecular weight excluding hydrogens is 314 g/mol. The zero-order valence-corrected chi connectivity index (χ0v) is 14.6. The van der Waals surface area contributed by atoms with Gasteiger partial charge in [0.25, 0.3) is 0 Å². The van der Waals surface area contributed by atoms with Crippen molar-refractivity contribution in [1.29, 1.82) is 0 Å². The Hall–Kier alpha value is -1.45. The summed E-state index contributed by atoms with van der Waals surface area (Å²) in [7, 11) is 1.85. The fourth-order valence-corrected chi connectivity index (χ4v) is 3.47. The minimum atomic E-state index is -0.184. The third-order valence-corrected chi connectivity index (χ3v) is 5.31. The first-order chi connectivity index (χ1) is 10.5. The van der Waals surface area contributed by atoms with Gasteiger partial charge in [-0.3, -0.25) is 4.79 Å². The largest absolute Gasteiger partial charge is 0.338 e. The highest BCUT2D eigenvalue weighted by atomic mass is 35.5. The highest BCUT2D eigenvalue weighted by Crippen LogP contribution is 2.31. The van der Waals surface area contributed by atoms with Crippen LogP contribution in [-0.2, 0) is 4.79 Å². The molecule has 0 aliphatic heterocycles. The van der Waals surface area contributed by atoms with Crippen LogP contribution in [0.3, 0.4) is 0 Å². The number of hydrogen-bond acceptors (Lipinski definition) is 2. The molecule has 1 amide bonds. The van der Waals surface area contributed by atoms with E-state index in [9.17, 15) is 4.79 Å². The summed E-state index contributed by atoms with van der Waals surface area (Å²) in [4.78, 5) is 15.4. The predicted octanol–water partition coefficient (Wildman–Crippen LogP) is 5.04. The van der Waals surface area contributed by atoms with Crippen LogP contribution in [0.4, 0.5) is 0 Å². The van der Waals surface area contributed by atoms with E-state index in [2.05, 4.69) is 0 Å². The van der Waals surface area contributed by atoms with Crippen LogP contribution in [0.1, 0.15) is 25.5 Å². The summed E-state index contributed by atoms with van der Waals surface area (Å²) < 4.78 is 0. The van der Waals surface area contributed by atoms with Gasteiger partial charge in [0.1, 0.15) is 0 Å². The molecule has 0 radical (unpaired) electrons. The average molecular weight is 334 g/mol. The molecule has 0 aliphatic carbocycles. The minimum absolute atomic E-state index is 0.0444. The first kappa shape index (κ1) is 16.9. The van der Waals surface area contributed by atoms with Crippen molar-refractivity contribution < 1.29 is 4.79 Å². The molecule has 2 aromatic carbocycles. The lowest BCUT2D eigenvalue weighted by Crippen LogP contribution is -2.35. The zero-order chi connectivity index (χ0) is 16.1. The standard InChI is InChI=1S/C18H20ClNOS/c1-13(15-9-5-4-6-10-15)20(3)18(21)14(2)22-17-12-8-7-11-16(17)19/h4-14H,1-3H3. The van der Waals surface area contributed by atoms with E-state index in [0.717, 1.165) is 10.5 Å². The van der Waals surface area contributed by atoms with Crippen molar-refractivity contribution in [1.82, 2.24) is 4.90 Å². The molecule has 0 fully saturated rings. The molecule has 0 spiro atoms. The molecule has 2 rings (SSSR count). The van der Waals surface area contributed by atoms with Crippen LogP contribution in [-0.4, -0.2) is 23.1 Å². The average Bonchev–Trinajstić information content (AvgIpc) is 2.55. The molecule has 2 unspecified atom stereocenters. The number of nitrogens with zero attached hydrogens (tertiary/aromatic N) is 1. The smallest absolute Gasteiger partial charge is 0.236 e. The van der Waals surface area contributed by atoms with Gasteiger partial charge in [0, 0.05) is 11.9 Å². The predicted molar refractivity (Wildman–Crippen MR) is 94.4 cm³/mol. The van der Waals surface area contributed by atoms with Crippen molar-refractivity contribution in [3.05, 3.63) is 65.2 Å². The molecule has 0 bridgehead atoms. The number of rotatable bonds is 5. The molecule has 0 aromatic heterocycles. The molecular formula is C18H20ClNOS. The Bertz CT molecular complexity index is 632. The van der Waals surface area contributed by atoms with Gasteiger partial charge in [-0.25, -0.2) is 0 Å². The van der Waals surface area contributed by atoms with Gasteiger partial charge in [-0.15, -0.1) is 11.8 Å². The number of carbonyl (C=O) groups is 1. The summed E-state index contributed by atoms with van der Waals surface area (Å²) in [6, 6.07) is 17.7. The first-order valence-electron chi connectivity index (χ1n) is 7.23. The SMILES string of the molecule is CC(Sc1ccccc1Cl)C(=O)N(C)C(C)c1ccccc1. The number of hydrogen-bond donors (Lipinski definition) is 0. The Morgan fingerprint density at radius 1 is 1.05 bits per heavy atom. The second kappa shape index (κ2) is 7.70. The Kier molecular flexibility index (Phi) is 5.92. The van der Waals surface area contributed by atoms with Gasteiger partial charge in [-0.2, -0.15) is 0 Å². The number of carbonyl (C=O) groups excluding carboxylic acids is 1. The van der Waals surface area contributed by atoms with Gasteiger partial charge in [-0.05, 0) is 31.5 Å². The van der Waals surface area contributed by atoms with Gasteiger partial charge in [-0.1, -0.05) is 54.1 Å². The van der Waals surface area contributed by atoms with Gasteiger partial charge in [0.2, 0.25) is 5.91 Å². The van der Waals surface area contributed by atoms with E-state index in [4.69, 9.17) is 11.6 Å². The summed E-state index contributed by atoms with van der Waals surface area (Å²) in [6.07, 6.45) is 0. The van der Waals surface area contributed by atoms with Crippen LogP contribution in [0.25, 0.3) is 0 Å². The van der Waals surface area contributed by atoms with Crippen LogP contribution in [0.5, 0.6) is 0 Å². The Balaban J connectivity index is 2.05. The summed E-state index contributed by atoms with van der Waals surface area (Å²) >= 11 is 7.66. The van der Waals surface area contributed by atoms with E-state index in [1.54, 1.807) is 4.90 Å². The van der Waals surface area contributed by atoms with Crippen LogP contribution < -0.4 is 0 Å². The van der Waals surface area contributed by atoms with Crippen LogP contribution in [0.2, 0.25) is 5.02 Å². The Labute approximate surface area is 141 Å². The highest BCUT2D eigenvalue weighted by Gasteiger charge is 2.23. The fourth-order valence-electron chi connectivity index (χ4n) is 2.21. The third kappa shape index (κ3) is 4.05. The van der Waals surface area contributed by atoms with Gasteiger partial charge in [0.05, 0.1) is 16.3 Å². The van der Waals surface area contributed by atoms with Crippen molar-refractivity contribution in [3.63, 3.8) is 0 Å². The van der Waals surface area contributed by atoms with Crippen LogP contribution in [0, 0.1) is 0 Å². The van der Waals surface area contributed by atoms with E-state index < -0.39 is 0 Å². The maximum atomic E-state index is 12.6. The normalized spacial score (nSPS) is 13.5. The van der Waals surface area contributed by atoms with Gasteiger partial charge >= 0.3 is 0 Å². The second-order valence-corrected chi connectivity index (χ2v) is 7.02. The van der Waals surface area contributed by atoms with E-state index in [1.807, 2.05) is 75.5 Å². The topological polar surface area (TPSA) is 20.3 Å². The lowest BCUT2D eigenvalue weighted by Gasteiger charge is -2.28. The number of amides is 1. The van der Waals surface area contributed by atoms with Crippen molar-refractivity contribution in [3.8, 4) is 0 Å². The van der Waals surface area contributed by atoms with Gasteiger partial charge < -0.3 is 4.90 Å². The quantitative estimate of drug-likeness (QED) is 0.714. The molecule has 0 saturated carbocycles. The fraction of sp³-hybridized carbons (Fsp3) is 0.278. The third-order valence-electron chi connectivity index (χ3n) is 3.70. The molecule has 2 aromatic rings. The molecule has 22 heavy (non-hydrogen) atoms. The van der Waals surface area contributed by atoms with E-state index in [1.165, 1.54) is 11.8 Å². The summed E-state index contributed by atoms with van der Waals surface area (Å²) in [5.74, 6) is 0.0984. The maximum absolute atomic E-state index is 12.6. The van der Waals surface area contributed by atoms with E-state index >= 15 is 0 Å². The van der Waals surface area contributed by atoms with E-state index in [-0.39, 0.29) is 17.2 Å². The number of benzene rings is 2. The molecule has 0 N–H and O–H groups in total. The minimum Gasteiger partial charge on any atom is -0.338 e. The molecule has 116 valence electrons. The van der Waals surface area contributed by atoms with Crippen molar-refractivity contribution >= 4 is 29.3 Å². The van der Waals surface area contributed by atoms with Crippen molar-refractivity contribution in [2.45, 2.75) is 30.0 Å². The van der Waals surface area contributed by atoms with Crippen molar-refractivity contribution in [2.24, 2.45) is 0 Å². The lowest BCUT2D eigenvalue weighted by atomic mass is 10.1. The summed E-state index contributed by atoms with van der Waals surface area (Å²) in [5.41, 5.74) is 1.13. The summed E-state index contributed by atoms with van der Waals surface area (Å²) in [6.45, 7) is 3.96. The zero-order valence-electron chi connectivity index (χ0n) is 13.0. The molecule has 0 saturated heterocycles. The van der Waals surface area contributed by atoms with Crippen molar-refractivity contribution in [2.75, 3.05) is 7.05 Å². The monoisotopic (exact) mass is 333 g/mol. The molecule has 2 nitrogen and oxygen atoms in total. The molecule has 4 heteroatoms. The first-order valence-corrected chi connectivity index (χ1v) is 8.49. The van der Waals surface area contributed by atoms with Gasteiger partial charge in [0.15, 0.2) is 0 Å². The lowest BCUT2D eigenvalue weighted by molar-refractivity contribution is -0.130. The Morgan fingerprint density at radius 3 is 2.27 bits per heavy atom.